The summed E-state index contributed by atoms with van der Waals surface area (Å²) in [4.78, 5) is 0. The van der Waals surface area contributed by atoms with Crippen molar-refractivity contribution in [1.82, 2.24) is 0 Å². The van der Waals surface area contributed by atoms with E-state index in [1.807, 2.05) is 30.3 Å². The van der Waals surface area contributed by atoms with Crippen molar-refractivity contribution < 1.29 is 5.11 Å². The van der Waals surface area contributed by atoms with Gasteiger partial charge in [0.15, 0.2) is 0 Å². The summed E-state index contributed by atoms with van der Waals surface area (Å²) in [5.74, 6) is 0. The molecule has 0 heterocycles. The Bertz CT molecular complexity index is 476. The van der Waals surface area contributed by atoms with Gasteiger partial charge >= 0.3 is 0 Å². The molecule has 100 valence electrons. The number of hydrogen-bond acceptors (Lipinski definition) is 2. The van der Waals surface area contributed by atoms with Crippen LogP contribution < -0.4 is 0 Å². The summed E-state index contributed by atoms with van der Waals surface area (Å²) in [6.07, 6.45) is 6.58. The third-order valence-electron chi connectivity index (χ3n) is 4.39. The molecule has 1 saturated carbocycles. The Balaban J connectivity index is 2.38. The van der Waals surface area contributed by atoms with Crippen molar-refractivity contribution in [3.63, 3.8) is 0 Å². The maximum absolute atomic E-state index is 10.9. The molecule has 2 atom stereocenters. The summed E-state index contributed by atoms with van der Waals surface area (Å²) in [6.45, 7) is 3.78. The third kappa shape index (κ3) is 2.57. The van der Waals surface area contributed by atoms with Crippen LogP contribution in [0.4, 0.5) is 0 Å². The minimum absolute atomic E-state index is 0.590. The standard InChI is InChI=1S/C17H21NO/c1-2-17(19)12-8-4-7-11-16(17,14-18)13-15-9-5-3-6-10-15/h2-3,5-6,9-10,19H,1,4,7-8,11-13H2/t16-,17+/m1/s1. The van der Waals surface area contributed by atoms with E-state index in [0.29, 0.717) is 12.8 Å². The number of nitrogens with zero attached hydrogens (tertiary/aromatic N) is 1. The lowest BCUT2D eigenvalue weighted by atomic mass is 9.66. The Morgan fingerprint density at radius 1 is 1.21 bits per heavy atom. The molecule has 2 heteroatoms. The van der Waals surface area contributed by atoms with Crippen molar-refractivity contribution in [2.24, 2.45) is 5.41 Å². The number of nitriles is 1. The first-order chi connectivity index (χ1) is 9.16. The highest BCUT2D eigenvalue weighted by molar-refractivity contribution is 5.26. The number of rotatable bonds is 3. The van der Waals surface area contributed by atoms with Crippen LogP contribution in [0.5, 0.6) is 0 Å². The van der Waals surface area contributed by atoms with Gasteiger partial charge in [-0.1, -0.05) is 55.7 Å². The fraction of sp³-hybridized carbons (Fsp3) is 0.471. The summed E-state index contributed by atoms with van der Waals surface area (Å²) in [5.41, 5.74) is -0.716. The van der Waals surface area contributed by atoms with E-state index in [1.54, 1.807) is 6.08 Å². The Morgan fingerprint density at radius 3 is 2.53 bits per heavy atom. The second kappa shape index (κ2) is 5.59. The van der Waals surface area contributed by atoms with Gasteiger partial charge in [-0.3, -0.25) is 0 Å². The van der Waals surface area contributed by atoms with Crippen LogP contribution in [-0.2, 0) is 6.42 Å². The van der Waals surface area contributed by atoms with Crippen LogP contribution in [0.3, 0.4) is 0 Å². The minimum atomic E-state index is -1.08. The molecule has 1 N–H and O–H groups in total. The molecule has 1 aromatic carbocycles. The summed E-state index contributed by atoms with van der Waals surface area (Å²) < 4.78 is 0. The van der Waals surface area contributed by atoms with Crippen molar-refractivity contribution in [3.8, 4) is 6.07 Å². The van der Waals surface area contributed by atoms with E-state index in [0.717, 1.165) is 31.2 Å². The fourth-order valence-electron chi connectivity index (χ4n) is 3.13. The second-order valence-corrected chi connectivity index (χ2v) is 5.55. The molecule has 1 aliphatic carbocycles. The maximum atomic E-state index is 10.9. The first-order valence-corrected chi connectivity index (χ1v) is 6.97. The van der Waals surface area contributed by atoms with Gasteiger partial charge in [0.05, 0.1) is 11.5 Å². The van der Waals surface area contributed by atoms with Gasteiger partial charge in [0.1, 0.15) is 5.60 Å². The molecule has 0 bridgehead atoms. The van der Waals surface area contributed by atoms with Crippen LogP contribution in [-0.4, -0.2) is 10.7 Å². The summed E-state index contributed by atoms with van der Waals surface area (Å²) in [5, 5.41) is 20.6. The van der Waals surface area contributed by atoms with Crippen LogP contribution in [0.25, 0.3) is 0 Å². The molecule has 0 aliphatic heterocycles. The van der Waals surface area contributed by atoms with Crippen LogP contribution in [0.2, 0.25) is 0 Å². The Labute approximate surface area is 115 Å². The minimum Gasteiger partial charge on any atom is -0.384 e. The van der Waals surface area contributed by atoms with Crippen LogP contribution in [0.15, 0.2) is 43.0 Å². The predicted molar refractivity (Wildman–Crippen MR) is 76.4 cm³/mol. The predicted octanol–water partition coefficient (Wildman–Crippen LogP) is 3.62. The maximum Gasteiger partial charge on any atom is 0.101 e. The topological polar surface area (TPSA) is 44.0 Å². The molecule has 2 nitrogen and oxygen atoms in total. The molecule has 0 spiro atoms. The normalized spacial score (nSPS) is 31.2. The molecular formula is C17H21NO. The zero-order valence-corrected chi connectivity index (χ0v) is 11.3. The molecule has 1 fully saturated rings. The van der Waals surface area contributed by atoms with Gasteiger partial charge in [-0.25, -0.2) is 0 Å². The number of benzene rings is 1. The zero-order chi connectivity index (χ0) is 13.8. The first kappa shape index (κ1) is 13.8. The highest BCUT2D eigenvalue weighted by atomic mass is 16.3. The quantitative estimate of drug-likeness (QED) is 0.662. The van der Waals surface area contributed by atoms with Crippen LogP contribution in [0, 0.1) is 16.7 Å². The highest BCUT2D eigenvalue weighted by Gasteiger charge is 2.49. The van der Waals surface area contributed by atoms with E-state index in [2.05, 4.69) is 12.6 Å². The van der Waals surface area contributed by atoms with Crippen molar-refractivity contribution in [2.75, 3.05) is 0 Å². The average Bonchev–Trinajstić information content (AvgIpc) is 2.61. The molecule has 0 saturated heterocycles. The van der Waals surface area contributed by atoms with Crippen molar-refractivity contribution in [3.05, 3.63) is 48.6 Å². The van der Waals surface area contributed by atoms with Gasteiger partial charge in [0.25, 0.3) is 0 Å². The van der Waals surface area contributed by atoms with E-state index in [1.165, 1.54) is 0 Å². The lowest BCUT2D eigenvalue weighted by molar-refractivity contribution is -0.0178. The Kier molecular flexibility index (Phi) is 4.07. The highest BCUT2D eigenvalue weighted by Crippen LogP contribution is 2.45. The van der Waals surface area contributed by atoms with Crippen LogP contribution in [0.1, 0.15) is 37.7 Å². The summed E-state index contributed by atoms with van der Waals surface area (Å²) >= 11 is 0. The molecule has 1 aliphatic rings. The van der Waals surface area contributed by atoms with E-state index < -0.39 is 11.0 Å². The van der Waals surface area contributed by atoms with E-state index in [4.69, 9.17) is 0 Å². The van der Waals surface area contributed by atoms with Gasteiger partial charge in [-0.15, -0.1) is 6.58 Å². The molecule has 1 aromatic rings. The molecule has 0 unspecified atom stereocenters. The van der Waals surface area contributed by atoms with Gasteiger partial charge in [0, 0.05) is 0 Å². The van der Waals surface area contributed by atoms with E-state index in [-0.39, 0.29) is 0 Å². The van der Waals surface area contributed by atoms with Gasteiger partial charge in [-0.05, 0) is 24.8 Å². The fourth-order valence-corrected chi connectivity index (χ4v) is 3.13. The summed E-state index contributed by atoms with van der Waals surface area (Å²) in [6, 6.07) is 12.4. The second-order valence-electron chi connectivity index (χ2n) is 5.55. The van der Waals surface area contributed by atoms with E-state index in [9.17, 15) is 10.4 Å². The molecule has 0 radical (unpaired) electrons. The first-order valence-electron chi connectivity index (χ1n) is 6.97. The van der Waals surface area contributed by atoms with Gasteiger partial charge in [-0.2, -0.15) is 5.26 Å². The SMILES string of the molecule is C=C[C@]1(O)CCCCC[C@]1(C#N)Cc1ccccc1. The number of aliphatic hydroxyl groups is 1. The third-order valence-corrected chi connectivity index (χ3v) is 4.39. The molecular weight excluding hydrogens is 234 g/mol. The van der Waals surface area contributed by atoms with E-state index >= 15 is 0 Å². The lowest BCUT2D eigenvalue weighted by Gasteiger charge is -2.39. The zero-order valence-electron chi connectivity index (χ0n) is 11.3. The van der Waals surface area contributed by atoms with Crippen molar-refractivity contribution >= 4 is 0 Å². The van der Waals surface area contributed by atoms with Crippen molar-refractivity contribution in [2.45, 2.75) is 44.1 Å². The van der Waals surface area contributed by atoms with Gasteiger partial charge in [0.2, 0.25) is 0 Å². The molecule has 0 amide bonds. The Hall–Kier alpha value is -1.59. The lowest BCUT2D eigenvalue weighted by Crippen LogP contribution is -2.46. The monoisotopic (exact) mass is 255 g/mol. The number of hydrogen-bond donors (Lipinski definition) is 1. The van der Waals surface area contributed by atoms with Crippen LogP contribution >= 0.6 is 0 Å². The molecule has 19 heavy (non-hydrogen) atoms. The molecule has 2 rings (SSSR count). The largest absolute Gasteiger partial charge is 0.384 e. The average molecular weight is 255 g/mol. The van der Waals surface area contributed by atoms with Gasteiger partial charge < -0.3 is 5.11 Å². The smallest absolute Gasteiger partial charge is 0.101 e. The molecule has 0 aromatic heterocycles. The summed E-state index contributed by atoms with van der Waals surface area (Å²) in [7, 11) is 0. The Morgan fingerprint density at radius 2 is 1.89 bits per heavy atom. The van der Waals surface area contributed by atoms with Crippen molar-refractivity contribution in [1.29, 1.82) is 5.26 Å².